The van der Waals surface area contributed by atoms with Crippen molar-refractivity contribution in [3.8, 4) is 11.5 Å². The van der Waals surface area contributed by atoms with Crippen molar-refractivity contribution in [1.82, 2.24) is 10.2 Å². The second-order valence-corrected chi connectivity index (χ2v) is 4.06. The van der Waals surface area contributed by atoms with Crippen LogP contribution in [0.5, 0.6) is 0 Å². The van der Waals surface area contributed by atoms with Crippen LogP contribution in [0.3, 0.4) is 0 Å². The summed E-state index contributed by atoms with van der Waals surface area (Å²) in [6, 6.07) is 9.22. The van der Waals surface area contributed by atoms with Crippen LogP contribution in [-0.4, -0.2) is 28.7 Å². The van der Waals surface area contributed by atoms with Gasteiger partial charge in [0.25, 0.3) is 5.89 Å². The summed E-state index contributed by atoms with van der Waals surface area (Å²) in [5.41, 5.74) is 0.773. The lowest BCUT2D eigenvalue weighted by atomic mass is 10.2. The number of carbonyl (C=O) groups is 2. The number of rotatable bonds is 6. The summed E-state index contributed by atoms with van der Waals surface area (Å²) in [6.45, 7) is 1.73. The van der Waals surface area contributed by atoms with Gasteiger partial charge in [0.1, 0.15) is 0 Å². The Morgan fingerprint density at radius 1 is 1.09 bits per heavy atom. The molecule has 0 unspecified atom stereocenters. The van der Waals surface area contributed by atoms with E-state index >= 15 is 0 Å². The van der Waals surface area contributed by atoms with E-state index in [0.29, 0.717) is 5.89 Å². The van der Waals surface area contributed by atoms with Crippen molar-refractivity contribution >= 4 is 11.9 Å². The molecule has 7 nitrogen and oxygen atoms in total. The summed E-state index contributed by atoms with van der Waals surface area (Å²) in [7, 11) is 0. The van der Waals surface area contributed by atoms with E-state index in [1.165, 1.54) is 0 Å². The van der Waals surface area contributed by atoms with E-state index in [4.69, 9.17) is 9.15 Å². The average Bonchev–Trinajstić information content (AvgIpc) is 3.01. The van der Waals surface area contributed by atoms with Crippen molar-refractivity contribution < 1.29 is 23.5 Å². The van der Waals surface area contributed by atoms with E-state index in [1.54, 1.807) is 6.92 Å². The molecule has 0 radical (unpaired) electrons. The predicted molar refractivity (Wildman–Crippen MR) is 75.3 cm³/mol. The quantitative estimate of drug-likeness (QED) is 0.594. The van der Waals surface area contributed by atoms with Crippen LogP contribution in [0.25, 0.3) is 11.5 Å². The molecular formula is C15H14N2O5. The van der Waals surface area contributed by atoms with Crippen molar-refractivity contribution in [2.45, 2.75) is 13.5 Å². The summed E-state index contributed by atoms with van der Waals surface area (Å²) < 4.78 is 14.9. The Hall–Kier alpha value is -2.96. The maximum atomic E-state index is 11.4. The van der Waals surface area contributed by atoms with Crippen molar-refractivity contribution in [3.63, 3.8) is 0 Å². The first kappa shape index (κ1) is 15.4. The van der Waals surface area contributed by atoms with Gasteiger partial charge in [0.2, 0.25) is 5.89 Å². The zero-order valence-corrected chi connectivity index (χ0v) is 11.9. The summed E-state index contributed by atoms with van der Waals surface area (Å²) in [6.07, 6.45) is 1.97. The summed E-state index contributed by atoms with van der Waals surface area (Å²) >= 11 is 0. The second-order valence-electron chi connectivity index (χ2n) is 4.06. The number of benzene rings is 1. The predicted octanol–water partition coefficient (Wildman–Crippen LogP) is 1.90. The van der Waals surface area contributed by atoms with Gasteiger partial charge in [0, 0.05) is 17.7 Å². The minimum absolute atomic E-state index is 0.164. The number of nitrogens with zero attached hydrogens (tertiary/aromatic N) is 2. The first-order valence-corrected chi connectivity index (χ1v) is 6.58. The van der Waals surface area contributed by atoms with Crippen LogP contribution in [0, 0.1) is 0 Å². The Balaban J connectivity index is 1.86. The lowest BCUT2D eigenvalue weighted by Crippen LogP contribution is -2.04. The molecule has 22 heavy (non-hydrogen) atoms. The molecule has 114 valence electrons. The van der Waals surface area contributed by atoms with Gasteiger partial charge in [-0.2, -0.15) is 0 Å². The summed E-state index contributed by atoms with van der Waals surface area (Å²) in [5, 5.41) is 7.64. The van der Waals surface area contributed by atoms with Gasteiger partial charge in [-0.05, 0) is 19.1 Å². The Bertz CT molecular complexity index is 664. The van der Waals surface area contributed by atoms with Crippen molar-refractivity contribution in [3.05, 3.63) is 48.4 Å². The molecule has 7 heteroatoms. The lowest BCUT2D eigenvalue weighted by molar-refractivity contribution is -0.141. The number of esters is 2. The van der Waals surface area contributed by atoms with E-state index in [1.807, 2.05) is 30.3 Å². The van der Waals surface area contributed by atoms with Crippen LogP contribution in [0.15, 0.2) is 46.9 Å². The van der Waals surface area contributed by atoms with Crippen LogP contribution in [0.1, 0.15) is 12.8 Å². The molecule has 0 N–H and O–H groups in total. The SMILES string of the molecule is CCOC(=O)/C=C/C(=O)OCc1nnc(-c2ccccc2)o1. The number of hydrogen-bond donors (Lipinski definition) is 0. The second kappa shape index (κ2) is 7.72. The molecule has 1 heterocycles. The molecule has 0 spiro atoms. The molecule has 2 aromatic rings. The van der Waals surface area contributed by atoms with Gasteiger partial charge in [-0.1, -0.05) is 18.2 Å². The van der Waals surface area contributed by atoms with Gasteiger partial charge in [-0.25, -0.2) is 9.59 Å². The topological polar surface area (TPSA) is 91.5 Å². The third kappa shape index (κ3) is 4.55. The molecule has 0 amide bonds. The molecule has 2 rings (SSSR count). The monoisotopic (exact) mass is 302 g/mol. The Labute approximate surface area is 126 Å². The van der Waals surface area contributed by atoms with Gasteiger partial charge in [0.05, 0.1) is 6.61 Å². The van der Waals surface area contributed by atoms with Crippen LogP contribution in [0.4, 0.5) is 0 Å². The largest absolute Gasteiger partial charge is 0.463 e. The summed E-state index contributed by atoms with van der Waals surface area (Å²) in [4.78, 5) is 22.4. The van der Waals surface area contributed by atoms with Crippen LogP contribution < -0.4 is 0 Å². The van der Waals surface area contributed by atoms with E-state index in [0.717, 1.165) is 17.7 Å². The van der Waals surface area contributed by atoms with Gasteiger partial charge in [0.15, 0.2) is 6.61 Å². The molecule has 0 atom stereocenters. The fraction of sp³-hybridized carbons (Fsp3) is 0.200. The lowest BCUT2D eigenvalue weighted by Gasteiger charge is -1.97. The van der Waals surface area contributed by atoms with Crippen LogP contribution in [0.2, 0.25) is 0 Å². The minimum Gasteiger partial charge on any atom is -0.463 e. The Morgan fingerprint density at radius 2 is 1.77 bits per heavy atom. The van der Waals surface area contributed by atoms with E-state index in [2.05, 4.69) is 14.9 Å². The first-order chi connectivity index (χ1) is 10.7. The molecule has 0 saturated carbocycles. The van der Waals surface area contributed by atoms with Gasteiger partial charge < -0.3 is 13.9 Å². The highest BCUT2D eigenvalue weighted by Gasteiger charge is 2.09. The maximum Gasteiger partial charge on any atom is 0.331 e. The van der Waals surface area contributed by atoms with Crippen molar-refractivity contribution in [1.29, 1.82) is 0 Å². The zero-order valence-electron chi connectivity index (χ0n) is 11.9. The van der Waals surface area contributed by atoms with Crippen molar-refractivity contribution in [2.24, 2.45) is 0 Å². The van der Waals surface area contributed by atoms with Crippen LogP contribution in [-0.2, 0) is 25.7 Å². The van der Waals surface area contributed by atoms with Crippen molar-refractivity contribution in [2.75, 3.05) is 6.61 Å². The minimum atomic E-state index is -0.701. The van der Waals surface area contributed by atoms with Gasteiger partial charge in [-0.3, -0.25) is 0 Å². The molecule has 0 bridgehead atoms. The average molecular weight is 302 g/mol. The van der Waals surface area contributed by atoms with Gasteiger partial charge in [-0.15, -0.1) is 10.2 Å². The Kier molecular flexibility index (Phi) is 5.42. The van der Waals surface area contributed by atoms with Crippen LogP contribution >= 0.6 is 0 Å². The standard InChI is InChI=1S/C15H14N2O5/c1-2-20-13(18)8-9-14(19)21-10-12-16-17-15(22-12)11-6-4-3-5-7-11/h3-9H,2,10H2,1H3/b9-8+. The maximum absolute atomic E-state index is 11.4. The number of ether oxygens (including phenoxy) is 2. The number of aromatic nitrogens is 2. The smallest absolute Gasteiger partial charge is 0.331 e. The van der Waals surface area contributed by atoms with E-state index < -0.39 is 11.9 Å². The number of carbonyl (C=O) groups excluding carboxylic acids is 2. The molecule has 0 aliphatic carbocycles. The zero-order chi connectivity index (χ0) is 15.8. The fourth-order valence-corrected chi connectivity index (χ4v) is 1.52. The molecule has 1 aromatic carbocycles. The molecule has 1 aromatic heterocycles. The molecule has 0 fully saturated rings. The highest BCUT2D eigenvalue weighted by atomic mass is 16.5. The molecule has 0 saturated heterocycles. The number of hydrogen-bond acceptors (Lipinski definition) is 7. The van der Waals surface area contributed by atoms with E-state index in [-0.39, 0.29) is 19.1 Å². The van der Waals surface area contributed by atoms with Gasteiger partial charge >= 0.3 is 11.9 Å². The molecule has 0 aliphatic rings. The highest BCUT2D eigenvalue weighted by molar-refractivity contribution is 5.91. The summed E-state index contributed by atoms with van der Waals surface area (Å²) in [5.74, 6) is -0.804. The normalized spacial score (nSPS) is 10.6. The fourth-order valence-electron chi connectivity index (χ4n) is 1.52. The highest BCUT2D eigenvalue weighted by Crippen LogP contribution is 2.17. The third-order valence-electron chi connectivity index (χ3n) is 2.47. The van der Waals surface area contributed by atoms with E-state index in [9.17, 15) is 9.59 Å². The molecular weight excluding hydrogens is 288 g/mol. The molecule has 0 aliphatic heterocycles. The first-order valence-electron chi connectivity index (χ1n) is 6.58. The Morgan fingerprint density at radius 3 is 2.45 bits per heavy atom. The third-order valence-corrected chi connectivity index (χ3v) is 2.47.